The molecule has 0 aliphatic heterocycles. The van der Waals surface area contributed by atoms with Gasteiger partial charge in [-0.15, -0.1) is 0 Å². The van der Waals surface area contributed by atoms with Crippen LogP contribution < -0.4 is 5.32 Å². The lowest BCUT2D eigenvalue weighted by Gasteiger charge is -2.13. The maximum atomic E-state index is 13.2. The highest BCUT2D eigenvalue weighted by atomic mass is 19.1. The second-order valence-electron chi connectivity index (χ2n) is 5.38. The number of halogens is 1. The number of rotatable bonds is 8. The van der Waals surface area contributed by atoms with Gasteiger partial charge in [0.25, 0.3) is 0 Å². The van der Waals surface area contributed by atoms with Crippen LogP contribution >= 0.6 is 0 Å². The topological polar surface area (TPSA) is 25.2 Å². The molecule has 0 saturated heterocycles. The summed E-state index contributed by atoms with van der Waals surface area (Å²) in [7, 11) is 1.95. The summed E-state index contributed by atoms with van der Waals surface area (Å²) in [5, 5.41) is 4.14. The van der Waals surface area contributed by atoms with E-state index in [1.54, 1.807) is 6.07 Å². The average Bonchev–Trinajstić information content (AvgIpc) is 2.85. The fourth-order valence-electron chi connectivity index (χ4n) is 2.59. The van der Waals surface area contributed by atoms with Gasteiger partial charge in [-0.05, 0) is 37.7 Å². The highest BCUT2D eigenvalue weighted by Gasteiger charge is 2.14. The van der Waals surface area contributed by atoms with E-state index in [0.29, 0.717) is 0 Å². The maximum Gasteiger partial charge on any atom is 0.134 e. The Morgan fingerprint density at radius 3 is 2.70 bits per heavy atom. The Balaban J connectivity index is 1.98. The van der Waals surface area contributed by atoms with Gasteiger partial charge in [0.05, 0.1) is 6.04 Å². The Bertz CT molecular complexity index is 535. The summed E-state index contributed by atoms with van der Waals surface area (Å²) in [5.74, 6) is 0.689. The van der Waals surface area contributed by atoms with Gasteiger partial charge in [-0.25, -0.2) is 4.39 Å². The number of unbranched alkanes of at least 4 members (excludes halogenated alkanes) is 4. The molecular formula is C17H24FNO. The van der Waals surface area contributed by atoms with Gasteiger partial charge in [-0.3, -0.25) is 0 Å². The highest BCUT2D eigenvalue weighted by molar-refractivity contribution is 5.78. The van der Waals surface area contributed by atoms with Crippen molar-refractivity contribution in [1.29, 1.82) is 0 Å². The van der Waals surface area contributed by atoms with Gasteiger partial charge in [0.2, 0.25) is 0 Å². The molecule has 20 heavy (non-hydrogen) atoms. The lowest BCUT2D eigenvalue weighted by Crippen LogP contribution is -2.15. The first-order valence-corrected chi connectivity index (χ1v) is 7.61. The third kappa shape index (κ3) is 3.83. The fraction of sp³-hybridized carbons (Fsp3) is 0.529. The molecule has 3 heteroatoms. The number of hydrogen-bond donors (Lipinski definition) is 1. The quantitative estimate of drug-likeness (QED) is 0.671. The third-order valence-electron chi connectivity index (χ3n) is 3.79. The second kappa shape index (κ2) is 7.44. The molecule has 1 aromatic carbocycles. The first-order chi connectivity index (χ1) is 9.74. The average molecular weight is 277 g/mol. The molecule has 2 rings (SSSR count). The Morgan fingerprint density at radius 2 is 1.95 bits per heavy atom. The largest absolute Gasteiger partial charge is 0.459 e. The van der Waals surface area contributed by atoms with Gasteiger partial charge in [0.1, 0.15) is 17.2 Å². The molecule has 1 aromatic heterocycles. The van der Waals surface area contributed by atoms with Crippen molar-refractivity contribution in [3.8, 4) is 0 Å². The van der Waals surface area contributed by atoms with Crippen molar-refractivity contribution in [3.05, 3.63) is 35.8 Å². The van der Waals surface area contributed by atoms with Crippen molar-refractivity contribution in [2.45, 2.75) is 51.5 Å². The highest BCUT2D eigenvalue weighted by Crippen LogP contribution is 2.27. The maximum absolute atomic E-state index is 13.2. The van der Waals surface area contributed by atoms with Crippen LogP contribution in [0.3, 0.4) is 0 Å². The van der Waals surface area contributed by atoms with Crippen LogP contribution in [-0.2, 0) is 0 Å². The zero-order valence-corrected chi connectivity index (χ0v) is 12.4. The molecule has 1 heterocycles. The van der Waals surface area contributed by atoms with Gasteiger partial charge < -0.3 is 9.73 Å². The van der Waals surface area contributed by atoms with Gasteiger partial charge in [0, 0.05) is 5.39 Å². The summed E-state index contributed by atoms with van der Waals surface area (Å²) < 4.78 is 19.0. The van der Waals surface area contributed by atoms with Crippen molar-refractivity contribution in [2.75, 3.05) is 7.05 Å². The molecule has 1 unspecified atom stereocenters. The van der Waals surface area contributed by atoms with Crippen LogP contribution in [0.4, 0.5) is 4.39 Å². The number of fused-ring (bicyclic) bond motifs is 1. The van der Waals surface area contributed by atoms with E-state index in [2.05, 4.69) is 12.2 Å². The predicted octanol–water partition coefficient (Wildman–Crippen LogP) is 5.19. The third-order valence-corrected chi connectivity index (χ3v) is 3.79. The van der Waals surface area contributed by atoms with Crippen LogP contribution in [0.5, 0.6) is 0 Å². The number of nitrogens with one attached hydrogen (secondary N) is 1. The number of furan rings is 1. The Kier molecular flexibility index (Phi) is 5.60. The van der Waals surface area contributed by atoms with Crippen LogP contribution in [0.2, 0.25) is 0 Å². The van der Waals surface area contributed by atoms with E-state index in [1.165, 1.54) is 44.2 Å². The zero-order valence-electron chi connectivity index (χ0n) is 12.4. The minimum atomic E-state index is -0.217. The molecule has 0 spiro atoms. The molecule has 0 radical (unpaired) electrons. The molecule has 0 amide bonds. The van der Waals surface area contributed by atoms with E-state index < -0.39 is 0 Å². The first kappa shape index (κ1) is 15.0. The van der Waals surface area contributed by atoms with Crippen LogP contribution in [-0.4, -0.2) is 7.05 Å². The monoisotopic (exact) mass is 277 g/mol. The Hall–Kier alpha value is -1.35. The van der Waals surface area contributed by atoms with Crippen molar-refractivity contribution >= 4 is 11.0 Å². The van der Waals surface area contributed by atoms with E-state index >= 15 is 0 Å². The van der Waals surface area contributed by atoms with Crippen LogP contribution in [0.15, 0.2) is 28.7 Å². The number of benzene rings is 1. The molecular weight excluding hydrogens is 253 g/mol. The number of hydrogen-bond acceptors (Lipinski definition) is 2. The molecule has 2 nitrogen and oxygen atoms in total. The summed E-state index contributed by atoms with van der Waals surface area (Å²) in [6.07, 6.45) is 7.40. The van der Waals surface area contributed by atoms with Crippen molar-refractivity contribution in [2.24, 2.45) is 0 Å². The molecule has 2 aromatic rings. The summed E-state index contributed by atoms with van der Waals surface area (Å²) in [6, 6.07) is 6.82. The van der Waals surface area contributed by atoms with E-state index in [-0.39, 0.29) is 11.9 Å². The van der Waals surface area contributed by atoms with E-state index in [1.807, 2.05) is 13.1 Å². The molecule has 0 bridgehead atoms. The van der Waals surface area contributed by atoms with E-state index in [4.69, 9.17) is 4.42 Å². The summed E-state index contributed by atoms with van der Waals surface area (Å²) in [5.41, 5.74) is 0.757. The Labute approximate surface area is 120 Å². The SMILES string of the molecule is CCCCCCCC(NC)c1cc2cc(F)ccc2o1. The molecule has 0 aliphatic carbocycles. The predicted molar refractivity (Wildman–Crippen MR) is 81.3 cm³/mol. The standard InChI is InChI=1S/C17H24FNO/c1-3-4-5-6-7-8-15(19-2)17-12-13-11-14(18)9-10-16(13)20-17/h9-12,15,19H,3-8H2,1-2H3. The first-order valence-electron chi connectivity index (χ1n) is 7.61. The smallest absolute Gasteiger partial charge is 0.134 e. The molecule has 0 saturated carbocycles. The van der Waals surface area contributed by atoms with Gasteiger partial charge in [0.15, 0.2) is 0 Å². The minimum Gasteiger partial charge on any atom is -0.459 e. The van der Waals surface area contributed by atoms with Crippen molar-refractivity contribution < 1.29 is 8.81 Å². The lowest BCUT2D eigenvalue weighted by atomic mass is 10.0. The van der Waals surface area contributed by atoms with Crippen molar-refractivity contribution in [3.63, 3.8) is 0 Å². The minimum absolute atomic E-state index is 0.215. The van der Waals surface area contributed by atoms with Crippen LogP contribution in [0.1, 0.15) is 57.3 Å². The van der Waals surface area contributed by atoms with Crippen LogP contribution in [0.25, 0.3) is 11.0 Å². The lowest BCUT2D eigenvalue weighted by molar-refractivity contribution is 0.417. The molecule has 0 aliphatic rings. The summed E-state index contributed by atoms with van der Waals surface area (Å²) in [6.45, 7) is 2.23. The van der Waals surface area contributed by atoms with Gasteiger partial charge in [-0.1, -0.05) is 39.0 Å². The summed E-state index contributed by atoms with van der Waals surface area (Å²) in [4.78, 5) is 0. The second-order valence-corrected chi connectivity index (χ2v) is 5.38. The normalized spacial score (nSPS) is 12.9. The molecule has 1 N–H and O–H groups in total. The van der Waals surface area contributed by atoms with E-state index in [0.717, 1.165) is 23.2 Å². The summed E-state index contributed by atoms with van der Waals surface area (Å²) >= 11 is 0. The Morgan fingerprint density at radius 1 is 1.15 bits per heavy atom. The van der Waals surface area contributed by atoms with Crippen molar-refractivity contribution in [1.82, 2.24) is 5.32 Å². The van der Waals surface area contributed by atoms with Crippen LogP contribution in [0, 0.1) is 5.82 Å². The van der Waals surface area contributed by atoms with Gasteiger partial charge >= 0.3 is 0 Å². The fourth-order valence-corrected chi connectivity index (χ4v) is 2.59. The van der Waals surface area contributed by atoms with E-state index in [9.17, 15) is 4.39 Å². The molecule has 110 valence electrons. The van der Waals surface area contributed by atoms with Gasteiger partial charge in [-0.2, -0.15) is 0 Å². The molecule has 1 atom stereocenters. The zero-order chi connectivity index (χ0) is 14.4. The molecule has 0 fully saturated rings.